The number of carbonyl (C=O) groups is 2. The number of ether oxygens (including phenoxy) is 1. The standard InChI is InChI=1S/C16H30N2O4/c1-10(2)13(14(19)20)17-11-7-6-8-12(9-11)18-15(21)22-16(3,4)5/h10-13,17H,6-9H2,1-5H3,(H,18,21)(H,19,20). The summed E-state index contributed by atoms with van der Waals surface area (Å²) in [6.45, 7) is 9.28. The molecule has 0 aromatic carbocycles. The Bertz CT molecular complexity index is 390. The fourth-order valence-corrected chi connectivity index (χ4v) is 2.75. The van der Waals surface area contributed by atoms with Gasteiger partial charge in [-0.25, -0.2) is 4.79 Å². The Labute approximate surface area is 133 Å². The van der Waals surface area contributed by atoms with Crippen molar-refractivity contribution < 1.29 is 19.4 Å². The van der Waals surface area contributed by atoms with Crippen LogP contribution in [0.1, 0.15) is 60.3 Å². The lowest BCUT2D eigenvalue weighted by Gasteiger charge is -2.33. The number of amides is 1. The molecule has 0 heterocycles. The maximum Gasteiger partial charge on any atom is 0.407 e. The molecule has 1 aliphatic carbocycles. The number of nitrogens with one attached hydrogen (secondary N) is 2. The van der Waals surface area contributed by atoms with Crippen molar-refractivity contribution in [3.05, 3.63) is 0 Å². The fourth-order valence-electron chi connectivity index (χ4n) is 2.75. The van der Waals surface area contributed by atoms with Gasteiger partial charge in [0.2, 0.25) is 0 Å². The van der Waals surface area contributed by atoms with Gasteiger partial charge in [0, 0.05) is 12.1 Å². The van der Waals surface area contributed by atoms with Gasteiger partial charge in [0.15, 0.2) is 0 Å². The van der Waals surface area contributed by atoms with Gasteiger partial charge in [0.25, 0.3) is 0 Å². The Kier molecular flexibility index (Phi) is 6.66. The highest BCUT2D eigenvalue weighted by Crippen LogP contribution is 2.20. The molecular weight excluding hydrogens is 284 g/mol. The summed E-state index contributed by atoms with van der Waals surface area (Å²) >= 11 is 0. The van der Waals surface area contributed by atoms with E-state index in [4.69, 9.17) is 4.74 Å². The summed E-state index contributed by atoms with van der Waals surface area (Å²) < 4.78 is 5.27. The minimum atomic E-state index is -0.822. The summed E-state index contributed by atoms with van der Waals surface area (Å²) in [6.07, 6.45) is 3.12. The Morgan fingerprint density at radius 1 is 1.18 bits per heavy atom. The predicted octanol–water partition coefficient (Wildman–Crippen LogP) is 2.52. The molecule has 1 fully saturated rings. The molecule has 1 amide bonds. The molecule has 0 saturated heterocycles. The van der Waals surface area contributed by atoms with Crippen LogP contribution in [0.25, 0.3) is 0 Å². The highest BCUT2D eigenvalue weighted by atomic mass is 16.6. The van der Waals surface area contributed by atoms with E-state index in [1.807, 2.05) is 34.6 Å². The smallest absolute Gasteiger partial charge is 0.407 e. The number of carboxylic acid groups (broad SMARTS) is 1. The molecule has 3 N–H and O–H groups in total. The molecule has 1 aliphatic rings. The molecule has 0 aliphatic heterocycles. The number of carbonyl (C=O) groups excluding carboxylic acids is 1. The number of rotatable bonds is 5. The second-order valence-corrected chi connectivity index (χ2v) is 7.43. The SMILES string of the molecule is CC(C)C(NC1CCCC(NC(=O)OC(C)(C)C)C1)C(=O)O. The Balaban J connectivity index is 2.50. The third-order valence-corrected chi connectivity index (χ3v) is 3.74. The Hall–Kier alpha value is -1.30. The van der Waals surface area contributed by atoms with Crippen LogP contribution in [0, 0.1) is 5.92 Å². The van der Waals surface area contributed by atoms with Crippen molar-refractivity contribution in [3.8, 4) is 0 Å². The van der Waals surface area contributed by atoms with Gasteiger partial charge in [-0.05, 0) is 52.4 Å². The zero-order valence-corrected chi connectivity index (χ0v) is 14.3. The highest BCUT2D eigenvalue weighted by Gasteiger charge is 2.29. The van der Waals surface area contributed by atoms with Crippen molar-refractivity contribution in [3.63, 3.8) is 0 Å². The molecule has 1 rings (SSSR count). The minimum Gasteiger partial charge on any atom is -0.480 e. The first-order valence-electron chi connectivity index (χ1n) is 8.07. The number of alkyl carbamates (subject to hydrolysis) is 1. The molecular formula is C16H30N2O4. The third-order valence-electron chi connectivity index (χ3n) is 3.74. The van der Waals surface area contributed by atoms with Gasteiger partial charge in [-0.2, -0.15) is 0 Å². The lowest BCUT2D eigenvalue weighted by molar-refractivity contribution is -0.141. The van der Waals surface area contributed by atoms with E-state index in [2.05, 4.69) is 10.6 Å². The van der Waals surface area contributed by atoms with E-state index >= 15 is 0 Å². The van der Waals surface area contributed by atoms with Crippen molar-refractivity contribution in [1.82, 2.24) is 10.6 Å². The van der Waals surface area contributed by atoms with Crippen molar-refractivity contribution in [1.29, 1.82) is 0 Å². The average molecular weight is 314 g/mol. The van der Waals surface area contributed by atoms with Crippen LogP contribution < -0.4 is 10.6 Å². The van der Waals surface area contributed by atoms with E-state index in [1.165, 1.54) is 0 Å². The highest BCUT2D eigenvalue weighted by molar-refractivity contribution is 5.73. The maximum atomic E-state index is 11.8. The molecule has 22 heavy (non-hydrogen) atoms. The number of aliphatic carboxylic acids is 1. The minimum absolute atomic E-state index is 0.0247. The van der Waals surface area contributed by atoms with Crippen LogP contribution in [0.3, 0.4) is 0 Å². The second kappa shape index (κ2) is 7.81. The summed E-state index contributed by atoms with van der Waals surface area (Å²) in [5.74, 6) is -0.797. The first kappa shape index (κ1) is 18.7. The second-order valence-electron chi connectivity index (χ2n) is 7.43. The van der Waals surface area contributed by atoms with Crippen molar-refractivity contribution in [2.45, 2.75) is 84.0 Å². The van der Waals surface area contributed by atoms with E-state index in [0.717, 1.165) is 25.7 Å². The summed E-state index contributed by atoms with van der Waals surface area (Å²) in [4.78, 5) is 23.1. The van der Waals surface area contributed by atoms with Gasteiger partial charge in [-0.3, -0.25) is 4.79 Å². The van der Waals surface area contributed by atoms with Gasteiger partial charge >= 0.3 is 12.1 Å². The molecule has 128 valence electrons. The van der Waals surface area contributed by atoms with E-state index in [9.17, 15) is 14.7 Å². The zero-order valence-electron chi connectivity index (χ0n) is 14.3. The molecule has 1 saturated carbocycles. The molecule has 0 spiro atoms. The van der Waals surface area contributed by atoms with E-state index < -0.39 is 23.7 Å². The number of hydrogen-bond acceptors (Lipinski definition) is 4. The van der Waals surface area contributed by atoms with Crippen LogP contribution in [-0.2, 0) is 9.53 Å². The molecule has 3 unspecified atom stereocenters. The average Bonchev–Trinajstić information content (AvgIpc) is 2.33. The van der Waals surface area contributed by atoms with Crippen LogP contribution in [0.15, 0.2) is 0 Å². The Morgan fingerprint density at radius 2 is 1.77 bits per heavy atom. The predicted molar refractivity (Wildman–Crippen MR) is 84.8 cm³/mol. The van der Waals surface area contributed by atoms with Gasteiger partial charge in [0.1, 0.15) is 11.6 Å². The van der Waals surface area contributed by atoms with Crippen LogP contribution in [0.2, 0.25) is 0 Å². The van der Waals surface area contributed by atoms with Crippen LogP contribution in [0.5, 0.6) is 0 Å². The summed E-state index contributed by atoms with van der Waals surface area (Å²) in [5, 5.41) is 15.4. The summed E-state index contributed by atoms with van der Waals surface area (Å²) in [5.41, 5.74) is -0.511. The number of hydrogen-bond donors (Lipinski definition) is 3. The topological polar surface area (TPSA) is 87.7 Å². The largest absolute Gasteiger partial charge is 0.480 e. The van der Waals surface area contributed by atoms with Gasteiger partial charge in [-0.15, -0.1) is 0 Å². The maximum absolute atomic E-state index is 11.8. The van der Waals surface area contributed by atoms with E-state index in [-0.39, 0.29) is 18.0 Å². The molecule has 6 heteroatoms. The van der Waals surface area contributed by atoms with Crippen LogP contribution in [-0.4, -0.2) is 40.9 Å². The first-order valence-corrected chi connectivity index (χ1v) is 8.07. The summed E-state index contributed by atoms with van der Waals surface area (Å²) in [7, 11) is 0. The van der Waals surface area contributed by atoms with Crippen molar-refractivity contribution in [2.75, 3.05) is 0 Å². The quantitative estimate of drug-likeness (QED) is 0.726. The zero-order chi connectivity index (χ0) is 16.9. The molecule has 0 radical (unpaired) electrons. The molecule has 0 aromatic rings. The molecule has 0 aromatic heterocycles. The van der Waals surface area contributed by atoms with Crippen molar-refractivity contribution >= 4 is 12.1 Å². The van der Waals surface area contributed by atoms with Crippen molar-refractivity contribution in [2.24, 2.45) is 5.92 Å². The van der Waals surface area contributed by atoms with Crippen LogP contribution in [0.4, 0.5) is 4.79 Å². The fraction of sp³-hybridized carbons (Fsp3) is 0.875. The van der Waals surface area contributed by atoms with Gasteiger partial charge < -0.3 is 20.5 Å². The number of carboxylic acids is 1. The van der Waals surface area contributed by atoms with Gasteiger partial charge in [0.05, 0.1) is 0 Å². The lowest BCUT2D eigenvalue weighted by atomic mass is 9.89. The monoisotopic (exact) mass is 314 g/mol. The van der Waals surface area contributed by atoms with E-state index in [0.29, 0.717) is 0 Å². The first-order chi connectivity index (χ1) is 10.1. The van der Waals surface area contributed by atoms with E-state index in [1.54, 1.807) is 0 Å². The molecule has 0 bridgehead atoms. The molecule has 3 atom stereocenters. The summed E-state index contributed by atoms with van der Waals surface area (Å²) in [6, 6.07) is -0.412. The third kappa shape index (κ3) is 6.64. The lowest BCUT2D eigenvalue weighted by Crippen LogP contribution is -2.51. The van der Waals surface area contributed by atoms with Crippen LogP contribution >= 0.6 is 0 Å². The normalized spacial score (nSPS) is 23.9. The Morgan fingerprint density at radius 3 is 2.27 bits per heavy atom. The molecule has 6 nitrogen and oxygen atoms in total. The van der Waals surface area contributed by atoms with Gasteiger partial charge in [-0.1, -0.05) is 13.8 Å².